The van der Waals surface area contributed by atoms with Gasteiger partial charge in [0.25, 0.3) is 5.91 Å². The molecule has 7 heteroatoms. The SMILES string of the molecule is O=C(C=C1CCC1)NS(=O)(=O)N1CCc2sccc2C1. The molecule has 0 saturated heterocycles. The summed E-state index contributed by atoms with van der Waals surface area (Å²) in [6.45, 7) is 0.769. The van der Waals surface area contributed by atoms with E-state index in [4.69, 9.17) is 0 Å². The number of rotatable bonds is 3. The van der Waals surface area contributed by atoms with Gasteiger partial charge in [-0.15, -0.1) is 11.3 Å². The van der Waals surface area contributed by atoms with Crippen LogP contribution in [0.1, 0.15) is 29.7 Å². The fourth-order valence-corrected chi connectivity index (χ4v) is 4.33. The van der Waals surface area contributed by atoms with Crippen LogP contribution in [0.3, 0.4) is 0 Å². The lowest BCUT2D eigenvalue weighted by molar-refractivity contribution is -0.115. The van der Waals surface area contributed by atoms with Gasteiger partial charge in [-0.1, -0.05) is 5.57 Å². The molecule has 108 valence electrons. The normalized spacial score (nSPS) is 19.1. The van der Waals surface area contributed by atoms with E-state index in [2.05, 4.69) is 4.72 Å². The van der Waals surface area contributed by atoms with Crippen molar-refractivity contribution in [2.24, 2.45) is 0 Å². The lowest BCUT2D eigenvalue weighted by Gasteiger charge is -2.26. The number of amides is 1. The molecular weight excluding hydrogens is 296 g/mol. The molecule has 1 N–H and O–H groups in total. The van der Waals surface area contributed by atoms with Crippen molar-refractivity contribution in [2.75, 3.05) is 6.54 Å². The predicted molar refractivity (Wildman–Crippen MR) is 77.4 cm³/mol. The molecular formula is C13H16N2O3S2. The third kappa shape index (κ3) is 2.79. The number of carbonyl (C=O) groups excluding carboxylic acids is 1. The summed E-state index contributed by atoms with van der Waals surface area (Å²) in [6.07, 6.45) is 5.01. The van der Waals surface area contributed by atoms with E-state index in [1.165, 1.54) is 15.3 Å². The van der Waals surface area contributed by atoms with E-state index in [1.807, 2.05) is 11.4 Å². The molecule has 0 spiro atoms. The summed E-state index contributed by atoms with van der Waals surface area (Å²) >= 11 is 1.65. The first-order chi connectivity index (χ1) is 9.54. The zero-order chi connectivity index (χ0) is 14.2. The van der Waals surface area contributed by atoms with Gasteiger partial charge < -0.3 is 0 Å². The highest BCUT2D eigenvalue weighted by Crippen LogP contribution is 2.26. The zero-order valence-corrected chi connectivity index (χ0v) is 12.6. The van der Waals surface area contributed by atoms with Crippen molar-refractivity contribution in [1.82, 2.24) is 9.03 Å². The first kappa shape index (κ1) is 13.8. The van der Waals surface area contributed by atoms with Crippen molar-refractivity contribution >= 4 is 27.5 Å². The molecule has 1 fully saturated rings. The third-order valence-electron chi connectivity index (χ3n) is 3.67. The highest BCUT2D eigenvalue weighted by molar-refractivity contribution is 7.87. The van der Waals surface area contributed by atoms with E-state index < -0.39 is 16.1 Å². The Morgan fingerprint density at radius 2 is 2.15 bits per heavy atom. The topological polar surface area (TPSA) is 66.5 Å². The number of hydrogen-bond acceptors (Lipinski definition) is 4. The molecule has 1 aliphatic carbocycles. The molecule has 5 nitrogen and oxygen atoms in total. The van der Waals surface area contributed by atoms with Crippen molar-refractivity contribution in [1.29, 1.82) is 0 Å². The molecule has 1 aromatic heterocycles. The summed E-state index contributed by atoms with van der Waals surface area (Å²) in [6, 6.07) is 1.94. The number of nitrogens with zero attached hydrogens (tertiary/aromatic N) is 1. The van der Waals surface area contributed by atoms with Crippen molar-refractivity contribution in [3.63, 3.8) is 0 Å². The van der Waals surface area contributed by atoms with Crippen LogP contribution in [0.25, 0.3) is 0 Å². The fourth-order valence-electron chi connectivity index (χ4n) is 2.36. The second-order valence-electron chi connectivity index (χ2n) is 5.08. The molecule has 2 heterocycles. The van der Waals surface area contributed by atoms with Gasteiger partial charge in [0.1, 0.15) is 0 Å². The van der Waals surface area contributed by atoms with E-state index in [9.17, 15) is 13.2 Å². The van der Waals surface area contributed by atoms with E-state index in [1.54, 1.807) is 11.3 Å². The zero-order valence-electron chi connectivity index (χ0n) is 11.0. The van der Waals surface area contributed by atoms with Crippen LogP contribution in [0, 0.1) is 0 Å². The van der Waals surface area contributed by atoms with Gasteiger partial charge in [0.2, 0.25) is 0 Å². The largest absolute Gasteiger partial charge is 0.304 e. The Kier molecular flexibility index (Phi) is 3.66. The molecule has 20 heavy (non-hydrogen) atoms. The lowest BCUT2D eigenvalue weighted by Crippen LogP contribution is -2.45. The van der Waals surface area contributed by atoms with Crippen molar-refractivity contribution in [2.45, 2.75) is 32.2 Å². The smallest absolute Gasteiger partial charge is 0.269 e. The van der Waals surface area contributed by atoms with Gasteiger partial charge >= 0.3 is 10.2 Å². The predicted octanol–water partition coefficient (Wildman–Crippen LogP) is 1.58. The summed E-state index contributed by atoms with van der Waals surface area (Å²) in [5.41, 5.74) is 2.06. The average molecular weight is 312 g/mol. The summed E-state index contributed by atoms with van der Waals surface area (Å²) < 4.78 is 27.8. The molecule has 0 radical (unpaired) electrons. The summed E-state index contributed by atoms with van der Waals surface area (Å²) in [4.78, 5) is 12.9. The van der Waals surface area contributed by atoms with Crippen molar-refractivity contribution in [3.8, 4) is 0 Å². The van der Waals surface area contributed by atoms with Gasteiger partial charge in [-0.2, -0.15) is 12.7 Å². The number of allylic oxidation sites excluding steroid dienone is 1. The van der Waals surface area contributed by atoms with Gasteiger partial charge in [-0.25, -0.2) is 4.72 Å². The van der Waals surface area contributed by atoms with Gasteiger partial charge in [-0.3, -0.25) is 4.79 Å². The van der Waals surface area contributed by atoms with Crippen LogP contribution in [0.15, 0.2) is 23.1 Å². The Balaban J connectivity index is 1.68. The molecule has 2 aliphatic rings. The van der Waals surface area contributed by atoms with Crippen LogP contribution in [-0.2, 0) is 28.0 Å². The number of carbonyl (C=O) groups is 1. The number of hydrogen-bond donors (Lipinski definition) is 1. The summed E-state index contributed by atoms with van der Waals surface area (Å²) in [7, 11) is -3.74. The Morgan fingerprint density at radius 3 is 2.85 bits per heavy atom. The standard InChI is InChI=1S/C13H16N2O3S2/c16-13(8-10-2-1-3-10)14-20(17,18)15-6-4-12-11(9-15)5-7-19-12/h5,7-8H,1-4,6,9H2,(H,14,16). The maximum atomic E-state index is 12.2. The quantitative estimate of drug-likeness (QED) is 0.862. The average Bonchev–Trinajstić information content (AvgIpc) is 2.80. The van der Waals surface area contributed by atoms with Gasteiger partial charge in [-0.05, 0) is 42.7 Å². The first-order valence-electron chi connectivity index (χ1n) is 6.61. The minimum atomic E-state index is -3.74. The number of fused-ring (bicyclic) bond motifs is 1. The van der Waals surface area contributed by atoms with Crippen LogP contribution in [0.4, 0.5) is 0 Å². The molecule has 0 unspecified atom stereocenters. The second-order valence-corrected chi connectivity index (χ2v) is 7.75. The lowest BCUT2D eigenvalue weighted by atomic mass is 9.92. The van der Waals surface area contributed by atoms with Gasteiger partial charge in [0.15, 0.2) is 0 Å². The molecule has 0 atom stereocenters. The number of thiophene rings is 1. The number of nitrogens with one attached hydrogen (secondary N) is 1. The van der Waals surface area contributed by atoms with E-state index in [-0.39, 0.29) is 0 Å². The molecule has 0 bridgehead atoms. The molecule has 1 aromatic rings. The maximum absolute atomic E-state index is 12.2. The van der Waals surface area contributed by atoms with Crippen molar-refractivity contribution < 1.29 is 13.2 Å². The fraction of sp³-hybridized carbons (Fsp3) is 0.462. The van der Waals surface area contributed by atoms with Gasteiger partial charge in [0, 0.05) is 24.0 Å². The second kappa shape index (κ2) is 5.31. The van der Waals surface area contributed by atoms with Crippen molar-refractivity contribution in [3.05, 3.63) is 33.5 Å². The molecule has 0 aromatic carbocycles. The highest BCUT2D eigenvalue weighted by Gasteiger charge is 2.28. The Bertz CT molecular complexity index is 655. The van der Waals surface area contributed by atoms with Gasteiger partial charge in [0.05, 0.1) is 0 Å². The van der Waals surface area contributed by atoms with E-state index >= 15 is 0 Å². The maximum Gasteiger partial charge on any atom is 0.304 e. The minimum absolute atomic E-state index is 0.345. The highest BCUT2D eigenvalue weighted by atomic mass is 32.2. The summed E-state index contributed by atoms with van der Waals surface area (Å²) in [5.74, 6) is -0.532. The first-order valence-corrected chi connectivity index (χ1v) is 8.93. The molecule has 1 saturated carbocycles. The Hall–Kier alpha value is -1.18. The van der Waals surface area contributed by atoms with E-state index in [0.717, 1.165) is 30.4 Å². The minimum Gasteiger partial charge on any atom is -0.269 e. The van der Waals surface area contributed by atoms with Crippen LogP contribution in [0.2, 0.25) is 0 Å². The van der Waals surface area contributed by atoms with E-state index in [0.29, 0.717) is 19.5 Å². The van der Waals surface area contributed by atoms with Crippen LogP contribution in [-0.4, -0.2) is 25.2 Å². The van der Waals surface area contributed by atoms with Crippen LogP contribution >= 0.6 is 11.3 Å². The molecule has 1 aliphatic heterocycles. The Morgan fingerprint density at radius 1 is 1.35 bits per heavy atom. The summed E-state index contributed by atoms with van der Waals surface area (Å²) in [5, 5.41) is 1.97. The van der Waals surface area contributed by atoms with Crippen LogP contribution in [0.5, 0.6) is 0 Å². The Labute approximate surface area is 122 Å². The third-order valence-corrected chi connectivity index (χ3v) is 6.15. The molecule has 1 amide bonds. The monoisotopic (exact) mass is 312 g/mol. The molecule has 3 rings (SSSR count). The van der Waals surface area contributed by atoms with Crippen LogP contribution < -0.4 is 4.72 Å².